The lowest BCUT2D eigenvalue weighted by atomic mass is 9.94. The maximum Gasteiger partial charge on any atom is 0.286 e. The van der Waals surface area contributed by atoms with Crippen LogP contribution in [0.5, 0.6) is 0 Å². The van der Waals surface area contributed by atoms with E-state index < -0.39 is 21.8 Å². The number of carbonyl (C=O) groups is 2. The van der Waals surface area contributed by atoms with Gasteiger partial charge in [-0.1, -0.05) is 13.8 Å². The molecule has 0 radical (unpaired) electrons. The molecular formula is C19H24N4O4S. The zero-order chi connectivity index (χ0) is 20.3. The van der Waals surface area contributed by atoms with Gasteiger partial charge in [-0.3, -0.25) is 20.4 Å². The van der Waals surface area contributed by atoms with Gasteiger partial charge in [0.05, 0.1) is 4.90 Å². The van der Waals surface area contributed by atoms with E-state index in [4.69, 9.17) is 0 Å². The second kappa shape index (κ2) is 8.15. The number of hydrogen-bond donors (Lipinski definition) is 3. The van der Waals surface area contributed by atoms with Crippen LogP contribution in [-0.4, -0.2) is 42.6 Å². The van der Waals surface area contributed by atoms with Gasteiger partial charge in [-0.25, -0.2) is 8.42 Å². The highest BCUT2D eigenvalue weighted by molar-refractivity contribution is 7.89. The molecule has 2 amide bonds. The number of benzene rings is 1. The Kier molecular flexibility index (Phi) is 5.85. The van der Waals surface area contributed by atoms with Crippen LogP contribution in [0.1, 0.15) is 41.1 Å². The zero-order valence-electron chi connectivity index (χ0n) is 15.8. The molecule has 2 heterocycles. The van der Waals surface area contributed by atoms with Gasteiger partial charge in [0.15, 0.2) is 0 Å². The Bertz CT molecular complexity index is 929. The number of rotatable bonds is 4. The van der Waals surface area contributed by atoms with Gasteiger partial charge in [-0.05, 0) is 54.7 Å². The van der Waals surface area contributed by atoms with E-state index in [1.165, 1.54) is 28.6 Å². The number of H-pyrrole nitrogens is 1. The highest BCUT2D eigenvalue weighted by Gasteiger charge is 2.31. The summed E-state index contributed by atoms with van der Waals surface area (Å²) in [7, 11) is -3.60. The van der Waals surface area contributed by atoms with Gasteiger partial charge in [0, 0.05) is 24.8 Å². The molecule has 0 saturated carbocycles. The van der Waals surface area contributed by atoms with Crippen molar-refractivity contribution in [3.05, 3.63) is 53.9 Å². The lowest BCUT2D eigenvalue weighted by Gasteiger charge is -2.34. The second-order valence-corrected chi connectivity index (χ2v) is 9.22. The fraction of sp³-hybridized carbons (Fsp3) is 0.368. The Labute approximate surface area is 164 Å². The topological polar surface area (TPSA) is 111 Å². The lowest BCUT2D eigenvalue weighted by molar-refractivity contribution is 0.0844. The molecule has 9 heteroatoms. The van der Waals surface area contributed by atoms with Gasteiger partial charge < -0.3 is 4.98 Å². The van der Waals surface area contributed by atoms with Gasteiger partial charge in [0.1, 0.15) is 5.69 Å². The number of hydrazine groups is 1. The third kappa shape index (κ3) is 4.42. The first-order valence-corrected chi connectivity index (χ1v) is 10.6. The average molecular weight is 404 g/mol. The summed E-state index contributed by atoms with van der Waals surface area (Å²) in [6.07, 6.45) is 2.61. The van der Waals surface area contributed by atoms with Crippen molar-refractivity contribution in [1.82, 2.24) is 20.1 Å². The van der Waals surface area contributed by atoms with Crippen molar-refractivity contribution in [3.63, 3.8) is 0 Å². The number of amides is 2. The molecule has 0 bridgehead atoms. The van der Waals surface area contributed by atoms with Gasteiger partial charge >= 0.3 is 0 Å². The van der Waals surface area contributed by atoms with Crippen molar-refractivity contribution in [1.29, 1.82) is 0 Å². The molecule has 150 valence electrons. The normalized spacial score (nSPS) is 20.5. The fourth-order valence-corrected chi connectivity index (χ4v) is 5.13. The molecule has 2 atom stereocenters. The minimum atomic E-state index is -3.60. The second-order valence-electron chi connectivity index (χ2n) is 7.28. The summed E-state index contributed by atoms with van der Waals surface area (Å²) in [5.41, 5.74) is 5.15. The first kappa shape index (κ1) is 20.1. The van der Waals surface area contributed by atoms with E-state index in [0.717, 1.165) is 6.42 Å². The first-order valence-electron chi connectivity index (χ1n) is 9.11. The molecule has 1 aromatic carbocycles. The Hall–Kier alpha value is -2.65. The fourth-order valence-electron chi connectivity index (χ4n) is 3.45. The minimum absolute atomic E-state index is 0.153. The highest BCUT2D eigenvalue weighted by atomic mass is 32.2. The van der Waals surface area contributed by atoms with Crippen molar-refractivity contribution in [2.24, 2.45) is 11.8 Å². The summed E-state index contributed by atoms with van der Waals surface area (Å²) >= 11 is 0. The smallest absolute Gasteiger partial charge is 0.286 e. The number of piperidine rings is 1. The standard InChI is InChI=1S/C19H24N4O4S/c1-13-10-14(2)12-23(11-13)28(26,27)16-7-5-15(6-8-16)18(24)21-22-19(25)17-4-3-9-20-17/h3-9,13-14,20H,10-12H2,1-2H3,(H,21,24)(H,22,25)/t13-,14-/m0/s1. The molecule has 3 N–H and O–H groups in total. The third-order valence-electron chi connectivity index (χ3n) is 4.72. The Balaban J connectivity index is 1.65. The molecule has 1 aliphatic rings. The van der Waals surface area contributed by atoms with E-state index in [9.17, 15) is 18.0 Å². The monoisotopic (exact) mass is 404 g/mol. The summed E-state index contributed by atoms with van der Waals surface area (Å²) in [6, 6.07) is 8.94. The largest absolute Gasteiger partial charge is 0.357 e. The van der Waals surface area contributed by atoms with E-state index >= 15 is 0 Å². The Morgan fingerprint density at radius 2 is 1.61 bits per heavy atom. The predicted molar refractivity (Wildman–Crippen MR) is 104 cm³/mol. The molecule has 2 aromatic rings. The number of sulfonamides is 1. The van der Waals surface area contributed by atoms with Crippen LogP contribution in [0.3, 0.4) is 0 Å². The van der Waals surface area contributed by atoms with Crippen molar-refractivity contribution < 1.29 is 18.0 Å². The number of aromatic nitrogens is 1. The summed E-state index contributed by atoms with van der Waals surface area (Å²) in [6.45, 7) is 5.10. The van der Waals surface area contributed by atoms with Crippen molar-refractivity contribution in [3.8, 4) is 0 Å². The van der Waals surface area contributed by atoms with Gasteiger partial charge in [0.25, 0.3) is 11.8 Å². The molecular weight excluding hydrogens is 380 g/mol. The number of hydrogen-bond acceptors (Lipinski definition) is 4. The predicted octanol–water partition coefficient (Wildman–Crippen LogP) is 1.76. The average Bonchev–Trinajstić information content (AvgIpc) is 3.20. The Morgan fingerprint density at radius 1 is 1.00 bits per heavy atom. The molecule has 0 aliphatic carbocycles. The molecule has 28 heavy (non-hydrogen) atoms. The molecule has 1 aliphatic heterocycles. The highest BCUT2D eigenvalue weighted by Crippen LogP contribution is 2.26. The van der Waals surface area contributed by atoms with E-state index in [0.29, 0.717) is 30.6 Å². The molecule has 3 rings (SSSR count). The summed E-state index contributed by atoms with van der Waals surface area (Å²) in [4.78, 5) is 26.9. The molecule has 1 saturated heterocycles. The number of nitrogens with zero attached hydrogens (tertiary/aromatic N) is 1. The summed E-state index contributed by atoms with van der Waals surface area (Å²) in [5, 5.41) is 0. The van der Waals surface area contributed by atoms with Crippen LogP contribution in [0, 0.1) is 11.8 Å². The van der Waals surface area contributed by atoms with Crippen LogP contribution < -0.4 is 10.9 Å². The van der Waals surface area contributed by atoms with E-state index in [-0.39, 0.29) is 10.5 Å². The van der Waals surface area contributed by atoms with E-state index in [1.807, 2.05) is 13.8 Å². The van der Waals surface area contributed by atoms with E-state index in [2.05, 4.69) is 15.8 Å². The third-order valence-corrected chi connectivity index (χ3v) is 6.57. The number of nitrogens with one attached hydrogen (secondary N) is 3. The Morgan fingerprint density at radius 3 is 2.18 bits per heavy atom. The molecule has 1 fully saturated rings. The zero-order valence-corrected chi connectivity index (χ0v) is 16.6. The van der Waals surface area contributed by atoms with Crippen LogP contribution in [0.25, 0.3) is 0 Å². The van der Waals surface area contributed by atoms with E-state index in [1.54, 1.807) is 18.3 Å². The first-order chi connectivity index (χ1) is 13.3. The SMILES string of the molecule is C[C@H]1C[C@H](C)CN(S(=O)(=O)c2ccc(C(=O)NNC(=O)c3ccc[nH]3)cc2)C1. The minimum Gasteiger partial charge on any atom is -0.357 e. The van der Waals surface area contributed by atoms with Crippen molar-refractivity contribution >= 4 is 21.8 Å². The van der Waals surface area contributed by atoms with Crippen LogP contribution in [-0.2, 0) is 10.0 Å². The molecule has 0 spiro atoms. The van der Waals surface area contributed by atoms with Crippen LogP contribution >= 0.6 is 0 Å². The lowest BCUT2D eigenvalue weighted by Crippen LogP contribution is -2.42. The molecule has 8 nitrogen and oxygen atoms in total. The maximum absolute atomic E-state index is 12.9. The molecule has 1 aromatic heterocycles. The van der Waals surface area contributed by atoms with Gasteiger partial charge in [0.2, 0.25) is 10.0 Å². The number of carbonyl (C=O) groups excluding carboxylic acids is 2. The summed E-state index contributed by atoms with van der Waals surface area (Å²) in [5.74, 6) is -0.395. The summed E-state index contributed by atoms with van der Waals surface area (Å²) < 4.78 is 27.3. The van der Waals surface area contributed by atoms with Crippen molar-refractivity contribution in [2.45, 2.75) is 25.2 Å². The molecule has 0 unspecified atom stereocenters. The van der Waals surface area contributed by atoms with Crippen molar-refractivity contribution in [2.75, 3.05) is 13.1 Å². The van der Waals surface area contributed by atoms with Crippen LogP contribution in [0.2, 0.25) is 0 Å². The van der Waals surface area contributed by atoms with Crippen LogP contribution in [0.4, 0.5) is 0 Å². The number of aromatic amines is 1. The quantitative estimate of drug-likeness (QED) is 0.674. The van der Waals surface area contributed by atoms with Gasteiger partial charge in [-0.15, -0.1) is 0 Å². The van der Waals surface area contributed by atoms with Gasteiger partial charge in [-0.2, -0.15) is 4.31 Å². The van der Waals surface area contributed by atoms with Crippen LogP contribution in [0.15, 0.2) is 47.5 Å². The maximum atomic E-state index is 12.9.